The van der Waals surface area contributed by atoms with Crippen LogP contribution in [-0.2, 0) is 10.4 Å². The molecule has 1 heterocycles. The molecule has 22 heavy (non-hydrogen) atoms. The van der Waals surface area contributed by atoms with E-state index in [1.165, 1.54) is 0 Å². The zero-order valence-electron chi connectivity index (χ0n) is 12.4. The smallest absolute Gasteiger partial charge is 0.231 e. The van der Waals surface area contributed by atoms with Crippen LogP contribution in [0.25, 0.3) is 0 Å². The van der Waals surface area contributed by atoms with E-state index in [9.17, 15) is 18.7 Å². The van der Waals surface area contributed by atoms with E-state index in [1.807, 2.05) is 0 Å². The zero-order chi connectivity index (χ0) is 16.7. The van der Waals surface area contributed by atoms with Crippen LogP contribution in [0.5, 0.6) is 0 Å². The van der Waals surface area contributed by atoms with Gasteiger partial charge in [-0.2, -0.15) is 0 Å². The number of amides is 1. The van der Waals surface area contributed by atoms with E-state index in [1.54, 1.807) is 18.7 Å². The molecule has 1 amide bonds. The van der Waals surface area contributed by atoms with Gasteiger partial charge in [-0.05, 0) is 12.1 Å². The van der Waals surface area contributed by atoms with Crippen molar-refractivity contribution >= 4 is 17.5 Å². The van der Waals surface area contributed by atoms with E-state index in [0.717, 1.165) is 12.1 Å². The maximum atomic E-state index is 14.2. The van der Waals surface area contributed by atoms with Gasteiger partial charge in [-0.3, -0.25) is 9.69 Å². The number of benzene rings is 1. The third-order valence-electron chi connectivity index (χ3n) is 4.35. The minimum atomic E-state index is -1.67. The van der Waals surface area contributed by atoms with Crippen LogP contribution in [0.3, 0.4) is 0 Å². The van der Waals surface area contributed by atoms with Crippen molar-refractivity contribution in [1.82, 2.24) is 4.90 Å². The third-order valence-corrected chi connectivity index (χ3v) is 4.57. The molecule has 7 heteroatoms. The molecule has 0 saturated carbocycles. The number of rotatable bonds is 3. The van der Waals surface area contributed by atoms with Crippen LogP contribution in [0, 0.1) is 23.5 Å². The molecule has 1 fully saturated rings. The van der Waals surface area contributed by atoms with Gasteiger partial charge >= 0.3 is 0 Å². The quantitative estimate of drug-likeness (QED) is 0.888. The lowest BCUT2D eigenvalue weighted by Gasteiger charge is -2.47. The first-order valence-electron chi connectivity index (χ1n) is 7.04. The second-order valence-electron chi connectivity index (χ2n) is 6.03. The van der Waals surface area contributed by atoms with Crippen molar-refractivity contribution in [2.75, 3.05) is 19.6 Å². The van der Waals surface area contributed by atoms with Crippen molar-refractivity contribution in [2.24, 2.45) is 17.6 Å². The molecule has 0 radical (unpaired) electrons. The van der Waals surface area contributed by atoms with Gasteiger partial charge in [0.05, 0.1) is 12.1 Å². The molecule has 3 N–H and O–H groups in total. The summed E-state index contributed by atoms with van der Waals surface area (Å²) in [7, 11) is 0. The Labute approximate surface area is 132 Å². The van der Waals surface area contributed by atoms with Crippen molar-refractivity contribution in [3.05, 3.63) is 34.4 Å². The predicted octanol–water partition coefficient (Wildman–Crippen LogP) is 1.88. The topological polar surface area (TPSA) is 66.6 Å². The first-order chi connectivity index (χ1) is 10.2. The highest BCUT2D eigenvalue weighted by molar-refractivity contribution is 6.30. The summed E-state index contributed by atoms with van der Waals surface area (Å²) in [6.45, 7) is 4.06. The van der Waals surface area contributed by atoms with Crippen LogP contribution in [0.1, 0.15) is 19.4 Å². The summed E-state index contributed by atoms with van der Waals surface area (Å²) in [5, 5.41) is 11.0. The molecule has 1 aliphatic rings. The minimum Gasteiger partial charge on any atom is -0.384 e. The summed E-state index contributed by atoms with van der Waals surface area (Å²) in [6, 6.07) is 1.99. The molecular weight excluding hydrogens is 314 g/mol. The van der Waals surface area contributed by atoms with Gasteiger partial charge in [-0.1, -0.05) is 25.4 Å². The molecular formula is C15H19ClF2N2O2. The normalized spacial score (nSPS) is 29.5. The lowest BCUT2D eigenvalue weighted by atomic mass is 9.70. The maximum absolute atomic E-state index is 14.2. The van der Waals surface area contributed by atoms with Gasteiger partial charge in [0.25, 0.3) is 0 Å². The van der Waals surface area contributed by atoms with Crippen LogP contribution in [0.15, 0.2) is 12.1 Å². The molecule has 0 aliphatic carbocycles. The van der Waals surface area contributed by atoms with E-state index in [2.05, 4.69) is 0 Å². The second-order valence-corrected chi connectivity index (χ2v) is 6.47. The van der Waals surface area contributed by atoms with Crippen molar-refractivity contribution in [2.45, 2.75) is 19.4 Å². The maximum Gasteiger partial charge on any atom is 0.231 e. The van der Waals surface area contributed by atoms with E-state index in [4.69, 9.17) is 17.3 Å². The Kier molecular flexibility index (Phi) is 4.75. The summed E-state index contributed by atoms with van der Waals surface area (Å²) >= 11 is 5.64. The van der Waals surface area contributed by atoms with Crippen molar-refractivity contribution < 1.29 is 18.7 Å². The molecule has 1 saturated heterocycles. The van der Waals surface area contributed by atoms with Gasteiger partial charge in [0.2, 0.25) is 5.91 Å². The van der Waals surface area contributed by atoms with Gasteiger partial charge in [-0.25, -0.2) is 8.78 Å². The minimum absolute atomic E-state index is 0.0519. The highest BCUT2D eigenvalue weighted by Crippen LogP contribution is 2.43. The predicted molar refractivity (Wildman–Crippen MR) is 79.2 cm³/mol. The molecule has 122 valence electrons. The summed E-state index contributed by atoms with van der Waals surface area (Å²) < 4.78 is 28.4. The SMILES string of the molecule is C[C@@H]1CN(CC(N)=O)C[C@H](C)[C@@]1(O)c1c(F)cc(Cl)cc1F. The highest BCUT2D eigenvalue weighted by atomic mass is 35.5. The van der Waals surface area contributed by atoms with E-state index >= 15 is 0 Å². The molecule has 0 spiro atoms. The molecule has 1 aromatic rings. The van der Waals surface area contributed by atoms with Gasteiger partial charge in [-0.15, -0.1) is 0 Å². The van der Waals surface area contributed by atoms with Gasteiger partial charge in [0.1, 0.15) is 17.2 Å². The standard InChI is InChI=1S/C15H19ClF2N2O2/c1-8-5-20(7-13(19)21)6-9(2)15(8,22)14-11(17)3-10(16)4-12(14)18/h3-4,8-9,22H,5-7H2,1-2H3,(H2,19,21)/t8-,9+,15-. The fourth-order valence-electron chi connectivity index (χ4n) is 3.38. The number of piperidine rings is 1. The van der Waals surface area contributed by atoms with E-state index in [0.29, 0.717) is 13.1 Å². The monoisotopic (exact) mass is 332 g/mol. The summed E-state index contributed by atoms with van der Waals surface area (Å²) in [5.41, 5.74) is 3.14. The number of primary amides is 1. The Hall–Kier alpha value is -1.24. The van der Waals surface area contributed by atoms with Gasteiger partial charge in [0, 0.05) is 29.9 Å². The molecule has 0 bridgehead atoms. The van der Waals surface area contributed by atoms with Gasteiger partial charge in [0.15, 0.2) is 0 Å². The number of likely N-dealkylation sites (tertiary alicyclic amines) is 1. The molecule has 3 atom stereocenters. The molecule has 4 nitrogen and oxygen atoms in total. The number of hydrogen-bond acceptors (Lipinski definition) is 3. The Balaban J connectivity index is 2.40. The highest BCUT2D eigenvalue weighted by Gasteiger charge is 2.48. The lowest BCUT2D eigenvalue weighted by molar-refractivity contribution is -0.130. The van der Waals surface area contributed by atoms with Crippen molar-refractivity contribution in [1.29, 1.82) is 0 Å². The third kappa shape index (κ3) is 2.95. The number of aliphatic hydroxyl groups is 1. The summed E-state index contributed by atoms with van der Waals surface area (Å²) in [5.74, 6) is -3.18. The second kappa shape index (κ2) is 6.10. The molecule has 0 unspecified atom stereocenters. The Bertz CT molecular complexity index is 562. The Morgan fingerprint density at radius 3 is 2.23 bits per heavy atom. The molecule has 1 aliphatic heterocycles. The van der Waals surface area contributed by atoms with E-state index in [-0.39, 0.29) is 17.1 Å². The van der Waals surface area contributed by atoms with Crippen LogP contribution < -0.4 is 5.73 Å². The first-order valence-corrected chi connectivity index (χ1v) is 7.42. The van der Waals surface area contributed by atoms with Crippen LogP contribution in [-0.4, -0.2) is 35.5 Å². The Morgan fingerprint density at radius 1 is 1.36 bits per heavy atom. The average Bonchev–Trinajstić information content (AvgIpc) is 2.34. The lowest BCUT2D eigenvalue weighted by Crippen LogP contribution is -2.56. The number of nitrogens with zero attached hydrogens (tertiary/aromatic N) is 1. The number of carbonyl (C=O) groups excluding carboxylic acids is 1. The number of hydrogen-bond donors (Lipinski definition) is 2. The average molecular weight is 333 g/mol. The van der Waals surface area contributed by atoms with Gasteiger partial charge < -0.3 is 10.8 Å². The fraction of sp³-hybridized carbons (Fsp3) is 0.533. The summed E-state index contributed by atoms with van der Waals surface area (Å²) in [6.07, 6.45) is 0. The van der Waals surface area contributed by atoms with E-state index < -0.39 is 35.0 Å². The number of carbonyl (C=O) groups is 1. The van der Waals surface area contributed by atoms with Crippen molar-refractivity contribution in [3.63, 3.8) is 0 Å². The molecule has 0 aromatic heterocycles. The number of nitrogens with two attached hydrogens (primary N) is 1. The molecule has 1 aromatic carbocycles. The van der Waals surface area contributed by atoms with Crippen LogP contribution in [0.2, 0.25) is 5.02 Å². The van der Waals surface area contributed by atoms with Crippen LogP contribution in [0.4, 0.5) is 8.78 Å². The Morgan fingerprint density at radius 2 is 1.82 bits per heavy atom. The molecule has 2 rings (SSSR count). The zero-order valence-corrected chi connectivity index (χ0v) is 13.2. The first kappa shape index (κ1) is 17.1. The largest absolute Gasteiger partial charge is 0.384 e. The number of halogens is 3. The van der Waals surface area contributed by atoms with Crippen molar-refractivity contribution in [3.8, 4) is 0 Å². The summed E-state index contributed by atoms with van der Waals surface area (Å²) in [4.78, 5) is 12.8. The van der Waals surface area contributed by atoms with Crippen LogP contribution >= 0.6 is 11.6 Å². The fourth-order valence-corrected chi connectivity index (χ4v) is 3.57.